The Balaban J connectivity index is 1.07. The molecule has 5 aromatic rings. The van der Waals surface area contributed by atoms with Crippen molar-refractivity contribution in [3.8, 4) is 28.3 Å². The van der Waals surface area contributed by atoms with Crippen LogP contribution in [0.1, 0.15) is 63.4 Å². The van der Waals surface area contributed by atoms with Gasteiger partial charge in [-0.05, 0) is 91.6 Å². The Labute approximate surface area is 277 Å². The second-order valence-corrected chi connectivity index (χ2v) is 13.0. The van der Waals surface area contributed by atoms with Crippen LogP contribution in [0.25, 0.3) is 33.5 Å². The number of ether oxygens (including phenoxy) is 1. The number of rotatable bonds is 6. The van der Waals surface area contributed by atoms with Gasteiger partial charge in [0.15, 0.2) is 0 Å². The Morgan fingerprint density at radius 3 is 2.58 bits per heavy atom. The van der Waals surface area contributed by atoms with E-state index in [2.05, 4.69) is 16.0 Å². The van der Waals surface area contributed by atoms with Crippen molar-refractivity contribution in [3.63, 3.8) is 0 Å². The van der Waals surface area contributed by atoms with Crippen molar-refractivity contribution in [2.24, 2.45) is 5.92 Å². The van der Waals surface area contributed by atoms with E-state index in [0.29, 0.717) is 61.0 Å². The summed E-state index contributed by atoms with van der Waals surface area (Å²) < 4.78 is 6.08. The average Bonchev–Trinajstić information content (AvgIpc) is 3.90. The molecule has 3 aromatic carbocycles. The van der Waals surface area contributed by atoms with E-state index in [0.717, 1.165) is 39.2 Å². The van der Waals surface area contributed by atoms with Crippen molar-refractivity contribution in [2.45, 2.75) is 38.5 Å². The smallest absolute Gasteiger partial charge is 0.308 e. The summed E-state index contributed by atoms with van der Waals surface area (Å²) in [5.41, 5.74) is 8.10. The molecule has 242 valence electrons. The zero-order valence-corrected chi connectivity index (χ0v) is 26.6. The number of hydrogen-bond donors (Lipinski definition) is 2. The average molecular weight is 642 g/mol. The minimum atomic E-state index is -0.857. The molecule has 0 radical (unpaired) electrons. The number of aliphatic carboxylic acids is 1. The number of carbonyl (C=O) groups is 3. The van der Waals surface area contributed by atoms with Crippen molar-refractivity contribution in [1.82, 2.24) is 19.9 Å². The van der Waals surface area contributed by atoms with E-state index >= 15 is 0 Å². The number of carboxylic acid groups (broad SMARTS) is 1. The van der Waals surface area contributed by atoms with Crippen LogP contribution in [-0.2, 0) is 4.79 Å². The lowest BCUT2D eigenvalue weighted by molar-refractivity contribution is -0.143. The van der Waals surface area contributed by atoms with Gasteiger partial charge in [-0.3, -0.25) is 14.4 Å². The minimum absolute atomic E-state index is 0.0780. The van der Waals surface area contributed by atoms with Gasteiger partial charge >= 0.3 is 5.97 Å². The number of carbonyl (C=O) groups excluding carboxylic acids is 2. The first-order chi connectivity index (χ1) is 23.4. The molecule has 1 saturated heterocycles. The number of H-pyrrole nitrogens is 1. The summed E-state index contributed by atoms with van der Waals surface area (Å²) in [5.74, 6) is -0.380. The van der Waals surface area contributed by atoms with Gasteiger partial charge in [-0.1, -0.05) is 30.3 Å². The largest absolute Gasteiger partial charge is 0.491 e. The molecule has 1 aliphatic carbocycles. The van der Waals surface area contributed by atoms with Crippen molar-refractivity contribution in [2.75, 3.05) is 31.1 Å². The van der Waals surface area contributed by atoms with E-state index in [1.54, 1.807) is 21.9 Å². The predicted molar refractivity (Wildman–Crippen MR) is 181 cm³/mol. The van der Waals surface area contributed by atoms with Crippen molar-refractivity contribution >= 4 is 34.5 Å². The summed E-state index contributed by atoms with van der Waals surface area (Å²) in [6, 6.07) is 21.3. The lowest BCUT2D eigenvalue weighted by Gasteiger charge is -2.30. The summed E-state index contributed by atoms with van der Waals surface area (Å²) >= 11 is 0. The number of amides is 2. The van der Waals surface area contributed by atoms with Crippen LogP contribution in [0.4, 0.5) is 5.69 Å². The first kappa shape index (κ1) is 29.9. The molecule has 1 atom stereocenters. The van der Waals surface area contributed by atoms with Gasteiger partial charge in [0, 0.05) is 41.0 Å². The van der Waals surface area contributed by atoms with E-state index in [1.165, 1.54) is 24.7 Å². The lowest BCUT2D eigenvalue weighted by atomic mass is 9.97. The van der Waals surface area contributed by atoms with Crippen LogP contribution in [0, 0.1) is 12.8 Å². The monoisotopic (exact) mass is 641 g/mol. The number of aromatic amines is 1. The normalized spacial score (nSPS) is 17.9. The van der Waals surface area contributed by atoms with E-state index in [9.17, 15) is 19.5 Å². The van der Waals surface area contributed by atoms with Crippen molar-refractivity contribution in [1.29, 1.82) is 0 Å². The summed E-state index contributed by atoms with van der Waals surface area (Å²) in [4.78, 5) is 54.5. The van der Waals surface area contributed by atoms with Gasteiger partial charge in [0.2, 0.25) is 0 Å². The fourth-order valence-electron chi connectivity index (χ4n) is 7.05. The van der Waals surface area contributed by atoms with Gasteiger partial charge < -0.3 is 24.6 Å². The number of anilines is 1. The molecular weight excluding hydrogens is 606 g/mol. The van der Waals surface area contributed by atoms with Gasteiger partial charge in [0.1, 0.15) is 24.3 Å². The van der Waals surface area contributed by atoms with Crippen LogP contribution in [0.2, 0.25) is 0 Å². The van der Waals surface area contributed by atoms with Gasteiger partial charge in [-0.15, -0.1) is 0 Å². The molecule has 8 rings (SSSR count). The van der Waals surface area contributed by atoms with Gasteiger partial charge in [-0.2, -0.15) is 0 Å². The molecule has 2 N–H and O–H groups in total. The molecule has 2 aliphatic heterocycles. The third-order valence-corrected chi connectivity index (χ3v) is 9.88. The number of carboxylic acids is 1. The summed E-state index contributed by atoms with van der Waals surface area (Å²) in [6.45, 7) is 3.64. The highest BCUT2D eigenvalue weighted by Gasteiger charge is 2.31. The fraction of sp³-hybridized carbons (Fsp3) is 0.289. The quantitative estimate of drug-likeness (QED) is 0.218. The lowest BCUT2D eigenvalue weighted by Crippen LogP contribution is -2.42. The molecule has 3 aliphatic rings. The molecule has 48 heavy (non-hydrogen) atoms. The molecule has 2 amide bonds. The van der Waals surface area contributed by atoms with Crippen LogP contribution in [0.3, 0.4) is 0 Å². The van der Waals surface area contributed by atoms with E-state index < -0.39 is 11.9 Å². The van der Waals surface area contributed by atoms with Crippen LogP contribution in [0.5, 0.6) is 5.75 Å². The molecule has 10 nitrogen and oxygen atoms in total. The maximum absolute atomic E-state index is 13.9. The summed E-state index contributed by atoms with van der Waals surface area (Å²) in [7, 11) is 0. The molecule has 2 fully saturated rings. The Hall–Kier alpha value is -5.51. The number of aromatic nitrogens is 3. The van der Waals surface area contributed by atoms with Crippen LogP contribution in [0.15, 0.2) is 73.1 Å². The Bertz CT molecular complexity index is 2080. The topological polar surface area (TPSA) is 129 Å². The zero-order chi connectivity index (χ0) is 32.9. The highest BCUT2D eigenvalue weighted by molar-refractivity contribution is 6.09. The predicted octanol–water partition coefficient (Wildman–Crippen LogP) is 6.45. The molecule has 10 heteroatoms. The molecule has 1 saturated carbocycles. The zero-order valence-electron chi connectivity index (χ0n) is 26.6. The number of fused-ring (bicyclic) bond motifs is 2. The number of piperidine rings is 1. The number of nitrogens with zero attached hydrogens (tertiary/aromatic N) is 4. The highest BCUT2D eigenvalue weighted by Crippen LogP contribution is 2.42. The van der Waals surface area contributed by atoms with Gasteiger partial charge in [-0.25, -0.2) is 9.97 Å². The van der Waals surface area contributed by atoms with E-state index in [1.807, 2.05) is 55.5 Å². The Kier molecular flexibility index (Phi) is 7.43. The molecule has 4 heterocycles. The van der Waals surface area contributed by atoms with Gasteiger partial charge in [0.25, 0.3) is 11.8 Å². The standard InChI is InChI=1S/C38H35N5O5/c1-22-28(5-2-6-32(22)43-16-17-48-33-18-26(23-7-8-23)13-14-29(33)37(43)45)34-30-19-31(41-35(30)40-21-39-34)24-9-11-25(12-10-24)36(44)42-15-3-4-27(20-42)38(46)47/h2,5-6,9-14,18-19,21,23,27H,3-4,7-8,15-17,20H2,1H3,(H,46,47)(H,39,40,41). The number of likely N-dealkylation sites (tertiary alicyclic amines) is 1. The maximum Gasteiger partial charge on any atom is 0.308 e. The first-order valence-electron chi connectivity index (χ1n) is 16.5. The molecule has 0 bridgehead atoms. The van der Waals surface area contributed by atoms with E-state index in [4.69, 9.17) is 9.72 Å². The Morgan fingerprint density at radius 1 is 0.958 bits per heavy atom. The SMILES string of the molecule is Cc1c(-c2ncnc3[nH]c(-c4ccc(C(=O)N5CCCC(C(=O)O)C5)cc4)cc23)cccc1N1CCOc2cc(C3CC3)ccc2C1=O. The molecule has 0 spiro atoms. The third kappa shape index (κ3) is 5.36. The number of nitrogens with one attached hydrogen (secondary N) is 1. The van der Waals surface area contributed by atoms with Crippen molar-refractivity contribution < 1.29 is 24.2 Å². The molecular formula is C38H35N5O5. The number of hydrogen-bond acceptors (Lipinski definition) is 6. The third-order valence-electron chi connectivity index (χ3n) is 9.88. The van der Waals surface area contributed by atoms with Gasteiger partial charge in [0.05, 0.1) is 23.7 Å². The highest BCUT2D eigenvalue weighted by atomic mass is 16.5. The first-order valence-corrected chi connectivity index (χ1v) is 16.5. The van der Waals surface area contributed by atoms with Crippen LogP contribution < -0.4 is 9.64 Å². The molecule has 2 aromatic heterocycles. The van der Waals surface area contributed by atoms with Crippen LogP contribution >= 0.6 is 0 Å². The fourth-order valence-corrected chi connectivity index (χ4v) is 7.05. The minimum Gasteiger partial charge on any atom is -0.491 e. The Morgan fingerprint density at radius 2 is 1.79 bits per heavy atom. The summed E-state index contributed by atoms with van der Waals surface area (Å²) in [5, 5.41) is 10.3. The second kappa shape index (κ2) is 11.9. The maximum atomic E-state index is 13.9. The number of benzene rings is 3. The van der Waals surface area contributed by atoms with Crippen molar-refractivity contribution in [3.05, 3.63) is 95.3 Å². The second-order valence-electron chi connectivity index (χ2n) is 13.0. The molecule has 1 unspecified atom stereocenters. The summed E-state index contributed by atoms with van der Waals surface area (Å²) in [6.07, 6.45) is 5.18. The van der Waals surface area contributed by atoms with Crippen LogP contribution in [-0.4, -0.2) is 69.0 Å². The van der Waals surface area contributed by atoms with E-state index in [-0.39, 0.29) is 18.4 Å².